The Labute approximate surface area is 86.5 Å². The number of rotatable bonds is 3. The summed E-state index contributed by atoms with van der Waals surface area (Å²) >= 11 is 0. The van der Waals surface area contributed by atoms with Gasteiger partial charge < -0.3 is 10.5 Å². The molecule has 0 aromatic carbocycles. The highest BCUT2D eigenvalue weighted by molar-refractivity contribution is 5.84. The first kappa shape index (κ1) is 11.4. The summed E-state index contributed by atoms with van der Waals surface area (Å²) < 4.78 is 17.7. The lowest BCUT2D eigenvalue weighted by Gasteiger charge is -2.18. The van der Waals surface area contributed by atoms with Gasteiger partial charge in [-0.25, -0.2) is 4.98 Å². The first-order valence-electron chi connectivity index (χ1n) is 4.26. The minimum Gasteiger partial charge on any atom is -0.479 e. The number of primary amides is 1. The van der Waals surface area contributed by atoms with E-state index in [1.807, 2.05) is 0 Å². The summed E-state index contributed by atoms with van der Waals surface area (Å²) in [4.78, 5) is 18.6. The third-order valence-electron chi connectivity index (χ3n) is 2.08. The number of halogens is 1. The molecule has 0 bridgehead atoms. The summed E-state index contributed by atoms with van der Waals surface area (Å²) in [6.45, 7) is 3.12. The zero-order chi connectivity index (χ0) is 11.6. The van der Waals surface area contributed by atoms with Gasteiger partial charge >= 0.3 is 0 Å². The summed E-state index contributed by atoms with van der Waals surface area (Å²) in [6, 6.07) is 0. The van der Waals surface area contributed by atoms with Gasteiger partial charge in [0.2, 0.25) is 11.7 Å². The average molecular weight is 213 g/mol. The predicted molar refractivity (Wildman–Crippen MR) is 50.8 cm³/mol. The Morgan fingerprint density at radius 1 is 1.60 bits per heavy atom. The Kier molecular flexibility index (Phi) is 2.88. The van der Waals surface area contributed by atoms with E-state index in [9.17, 15) is 9.18 Å². The van der Waals surface area contributed by atoms with Crippen LogP contribution in [-0.2, 0) is 10.2 Å². The van der Waals surface area contributed by atoms with Gasteiger partial charge in [-0.05, 0) is 13.8 Å². The Bertz CT molecular complexity index is 393. The van der Waals surface area contributed by atoms with Gasteiger partial charge in [-0.1, -0.05) is 0 Å². The molecule has 0 spiro atoms. The molecule has 0 radical (unpaired) electrons. The summed E-state index contributed by atoms with van der Waals surface area (Å²) in [5.74, 6) is -1.33. The van der Waals surface area contributed by atoms with Gasteiger partial charge in [0.15, 0.2) is 0 Å². The van der Waals surface area contributed by atoms with Crippen molar-refractivity contribution in [1.82, 2.24) is 9.97 Å². The van der Waals surface area contributed by atoms with Gasteiger partial charge in [0.05, 0.1) is 13.3 Å². The Balaban J connectivity index is 3.22. The van der Waals surface area contributed by atoms with Crippen molar-refractivity contribution in [2.75, 3.05) is 7.11 Å². The van der Waals surface area contributed by atoms with E-state index in [0.29, 0.717) is 0 Å². The average Bonchev–Trinajstić information content (AvgIpc) is 2.18. The van der Waals surface area contributed by atoms with Gasteiger partial charge in [-0.15, -0.1) is 0 Å². The van der Waals surface area contributed by atoms with E-state index in [1.54, 1.807) is 13.8 Å². The number of methoxy groups -OCH3 is 1. The van der Waals surface area contributed by atoms with E-state index < -0.39 is 17.1 Å². The van der Waals surface area contributed by atoms with E-state index in [-0.39, 0.29) is 11.7 Å². The lowest BCUT2D eigenvalue weighted by molar-refractivity contribution is -0.122. The van der Waals surface area contributed by atoms with Crippen molar-refractivity contribution < 1.29 is 13.9 Å². The van der Waals surface area contributed by atoms with E-state index in [2.05, 4.69) is 14.7 Å². The highest BCUT2D eigenvalue weighted by Crippen LogP contribution is 2.21. The zero-order valence-corrected chi connectivity index (χ0v) is 8.74. The number of hydrogen-bond donors (Lipinski definition) is 1. The summed E-state index contributed by atoms with van der Waals surface area (Å²) in [6.07, 6.45) is 0.950. The van der Waals surface area contributed by atoms with Gasteiger partial charge in [0, 0.05) is 0 Å². The second kappa shape index (κ2) is 3.80. The molecule has 0 aliphatic heterocycles. The van der Waals surface area contributed by atoms with Gasteiger partial charge in [-0.3, -0.25) is 4.79 Å². The Morgan fingerprint density at radius 2 is 2.20 bits per heavy atom. The molecule has 0 saturated carbocycles. The van der Waals surface area contributed by atoms with Crippen LogP contribution in [0.25, 0.3) is 0 Å². The molecule has 2 N–H and O–H groups in total. The fourth-order valence-electron chi connectivity index (χ4n) is 0.906. The molecule has 1 heterocycles. The summed E-state index contributed by atoms with van der Waals surface area (Å²) in [5, 5.41) is 0. The van der Waals surface area contributed by atoms with Crippen molar-refractivity contribution in [1.29, 1.82) is 0 Å². The number of amides is 1. The first-order valence-corrected chi connectivity index (χ1v) is 4.26. The number of aromatic nitrogens is 2. The molecule has 0 atom stereocenters. The number of nitrogens with zero attached hydrogens (tertiary/aromatic N) is 2. The smallest absolute Gasteiger partial charge is 0.253 e. The third kappa shape index (κ3) is 2.03. The van der Waals surface area contributed by atoms with Crippen LogP contribution in [0.3, 0.4) is 0 Å². The largest absolute Gasteiger partial charge is 0.479 e. The molecule has 0 aliphatic carbocycles. The quantitative estimate of drug-likeness (QED) is 0.787. The molecule has 1 amide bonds. The monoisotopic (exact) mass is 213 g/mol. The van der Waals surface area contributed by atoms with Crippen LogP contribution in [0.4, 0.5) is 4.39 Å². The fourth-order valence-corrected chi connectivity index (χ4v) is 0.906. The molecule has 6 heteroatoms. The first-order chi connectivity index (χ1) is 6.89. The van der Waals surface area contributed by atoms with Crippen LogP contribution in [0.5, 0.6) is 5.88 Å². The molecule has 0 unspecified atom stereocenters. The number of nitrogens with two attached hydrogens (primary N) is 1. The van der Waals surface area contributed by atoms with Crippen LogP contribution in [-0.4, -0.2) is 23.0 Å². The summed E-state index contributed by atoms with van der Waals surface area (Å²) in [7, 11) is 1.28. The van der Waals surface area contributed by atoms with Crippen LogP contribution in [0.1, 0.15) is 19.7 Å². The van der Waals surface area contributed by atoms with Gasteiger partial charge in [-0.2, -0.15) is 9.37 Å². The van der Waals surface area contributed by atoms with Gasteiger partial charge in [0.1, 0.15) is 11.2 Å². The van der Waals surface area contributed by atoms with Crippen molar-refractivity contribution in [3.8, 4) is 5.88 Å². The van der Waals surface area contributed by atoms with Crippen molar-refractivity contribution in [3.05, 3.63) is 17.8 Å². The minimum absolute atomic E-state index is 0.133. The molecule has 82 valence electrons. The maximum absolute atomic E-state index is 13.0. The van der Waals surface area contributed by atoms with Crippen molar-refractivity contribution in [3.63, 3.8) is 0 Å². The second-order valence-corrected chi connectivity index (χ2v) is 3.54. The van der Waals surface area contributed by atoms with Crippen LogP contribution in [0.15, 0.2) is 6.20 Å². The third-order valence-corrected chi connectivity index (χ3v) is 2.08. The maximum Gasteiger partial charge on any atom is 0.253 e. The normalized spacial score (nSPS) is 11.2. The van der Waals surface area contributed by atoms with Crippen molar-refractivity contribution in [2.24, 2.45) is 5.73 Å². The van der Waals surface area contributed by atoms with Crippen LogP contribution >= 0.6 is 0 Å². The molecule has 5 nitrogen and oxygen atoms in total. The Morgan fingerprint density at radius 3 is 2.67 bits per heavy atom. The predicted octanol–water partition coefficient (Wildman–Crippen LogP) is 0.387. The van der Waals surface area contributed by atoms with Crippen LogP contribution in [0.2, 0.25) is 0 Å². The highest BCUT2D eigenvalue weighted by Gasteiger charge is 2.31. The molecule has 1 aromatic rings. The number of carbonyl (C=O) groups excluding carboxylic acids is 1. The van der Waals surface area contributed by atoms with Crippen LogP contribution in [0, 0.1) is 5.82 Å². The second-order valence-electron chi connectivity index (χ2n) is 3.54. The Hall–Kier alpha value is -1.72. The van der Waals surface area contributed by atoms with E-state index >= 15 is 0 Å². The lowest BCUT2D eigenvalue weighted by atomic mass is 9.91. The van der Waals surface area contributed by atoms with Crippen molar-refractivity contribution in [2.45, 2.75) is 19.3 Å². The number of hydrogen-bond acceptors (Lipinski definition) is 4. The zero-order valence-electron chi connectivity index (χ0n) is 8.74. The molecular weight excluding hydrogens is 201 g/mol. The number of ether oxygens (including phenoxy) is 1. The van der Waals surface area contributed by atoms with Gasteiger partial charge in [0.25, 0.3) is 5.88 Å². The van der Waals surface area contributed by atoms with E-state index in [1.165, 1.54) is 7.11 Å². The molecule has 0 saturated heterocycles. The minimum atomic E-state index is -1.05. The molecule has 0 aliphatic rings. The topological polar surface area (TPSA) is 78.1 Å². The highest BCUT2D eigenvalue weighted by atomic mass is 19.1. The molecule has 1 aromatic heterocycles. The fraction of sp³-hybridized carbons (Fsp3) is 0.444. The molecular formula is C9H12FN3O2. The lowest BCUT2D eigenvalue weighted by Crippen LogP contribution is -2.37. The standard InChI is InChI=1S/C9H12FN3O2/c1-9(2,7(11)14)8-12-4-5(10)6(13-8)15-3/h4H,1-3H3,(H2,11,14). The molecule has 1 rings (SSSR count). The molecule has 0 fully saturated rings. The number of carbonyl (C=O) groups is 1. The maximum atomic E-state index is 13.0. The molecule has 15 heavy (non-hydrogen) atoms. The van der Waals surface area contributed by atoms with E-state index in [0.717, 1.165) is 6.20 Å². The van der Waals surface area contributed by atoms with Crippen LogP contribution < -0.4 is 10.5 Å². The summed E-state index contributed by atoms with van der Waals surface area (Å²) in [5.41, 5.74) is 4.12. The van der Waals surface area contributed by atoms with E-state index in [4.69, 9.17) is 5.73 Å². The SMILES string of the molecule is COc1nc(C(C)(C)C(N)=O)ncc1F. The van der Waals surface area contributed by atoms with Crippen molar-refractivity contribution >= 4 is 5.91 Å².